The lowest BCUT2D eigenvalue weighted by molar-refractivity contribution is -0.135. The molecule has 0 spiro atoms. The minimum absolute atomic E-state index is 0.0983. The second-order valence-electron chi connectivity index (χ2n) is 7.11. The van der Waals surface area contributed by atoms with Gasteiger partial charge in [-0.3, -0.25) is 9.59 Å². The molecule has 0 N–H and O–H groups in total. The Hall–Kier alpha value is -2.89. The van der Waals surface area contributed by atoms with E-state index in [1.807, 2.05) is 43.3 Å². The summed E-state index contributed by atoms with van der Waals surface area (Å²) in [5, 5.41) is 0. The predicted molar refractivity (Wildman–Crippen MR) is 104 cm³/mol. The van der Waals surface area contributed by atoms with Crippen molar-refractivity contribution >= 4 is 23.2 Å². The Morgan fingerprint density at radius 2 is 1.78 bits per heavy atom. The van der Waals surface area contributed by atoms with E-state index in [-0.39, 0.29) is 30.5 Å². The minimum atomic E-state index is -0.455. The van der Waals surface area contributed by atoms with Gasteiger partial charge in [-0.15, -0.1) is 0 Å². The monoisotopic (exact) mass is 369 g/mol. The zero-order valence-electron chi connectivity index (χ0n) is 15.9. The summed E-state index contributed by atoms with van der Waals surface area (Å²) in [4.78, 5) is 30.1. The van der Waals surface area contributed by atoms with Crippen LogP contribution in [0, 0.1) is 11.7 Å². The first-order valence-corrected chi connectivity index (χ1v) is 8.93. The molecule has 0 aliphatic carbocycles. The average molecular weight is 369 g/mol. The van der Waals surface area contributed by atoms with E-state index in [4.69, 9.17) is 0 Å². The van der Waals surface area contributed by atoms with Gasteiger partial charge >= 0.3 is 0 Å². The third-order valence-electron chi connectivity index (χ3n) is 4.87. The van der Waals surface area contributed by atoms with E-state index < -0.39 is 11.7 Å². The fourth-order valence-electron chi connectivity index (χ4n) is 3.34. The fourth-order valence-corrected chi connectivity index (χ4v) is 3.34. The SMILES string of the molecule is CN(Cc1ccc(N(C)C)cc1)C(=O)C1CC(=O)N(c2ccccc2F)C1. The topological polar surface area (TPSA) is 43.9 Å². The third kappa shape index (κ3) is 4.10. The molecule has 2 amide bonds. The van der Waals surface area contributed by atoms with Gasteiger partial charge in [0.2, 0.25) is 11.8 Å². The number of rotatable bonds is 5. The smallest absolute Gasteiger partial charge is 0.228 e. The molecule has 0 saturated carbocycles. The molecule has 0 radical (unpaired) electrons. The van der Waals surface area contributed by atoms with Gasteiger partial charge in [-0.05, 0) is 29.8 Å². The summed E-state index contributed by atoms with van der Waals surface area (Å²) in [6.45, 7) is 0.680. The van der Waals surface area contributed by atoms with Crippen molar-refractivity contribution in [2.24, 2.45) is 5.92 Å². The number of anilines is 2. The first-order chi connectivity index (χ1) is 12.9. The first kappa shape index (κ1) is 18.9. The van der Waals surface area contributed by atoms with E-state index in [0.717, 1.165) is 11.3 Å². The Kier molecular flexibility index (Phi) is 5.44. The molecule has 2 aromatic carbocycles. The summed E-state index contributed by atoms with van der Waals surface area (Å²) in [7, 11) is 5.69. The molecule has 142 valence electrons. The quantitative estimate of drug-likeness (QED) is 0.814. The van der Waals surface area contributed by atoms with Gasteiger partial charge in [0.05, 0.1) is 11.6 Å². The molecule has 1 unspecified atom stereocenters. The number of hydrogen-bond donors (Lipinski definition) is 0. The summed E-state index contributed by atoms with van der Waals surface area (Å²) in [5.74, 6) is -1.22. The molecule has 5 nitrogen and oxygen atoms in total. The number of para-hydroxylation sites is 1. The first-order valence-electron chi connectivity index (χ1n) is 8.93. The second-order valence-corrected chi connectivity index (χ2v) is 7.11. The lowest BCUT2D eigenvalue weighted by Crippen LogP contribution is -2.34. The van der Waals surface area contributed by atoms with Gasteiger partial charge in [0, 0.05) is 46.3 Å². The maximum atomic E-state index is 14.0. The maximum absolute atomic E-state index is 14.0. The van der Waals surface area contributed by atoms with Crippen LogP contribution < -0.4 is 9.80 Å². The van der Waals surface area contributed by atoms with Gasteiger partial charge in [0.15, 0.2) is 0 Å². The van der Waals surface area contributed by atoms with Crippen molar-refractivity contribution < 1.29 is 14.0 Å². The molecule has 1 aliphatic heterocycles. The summed E-state index contributed by atoms with van der Waals surface area (Å²) in [6, 6.07) is 14.1. The summed E-state index contributed by atoms with van der Waals surface area (Å²) in [6.07, 6.45) is 0.108. The number of benzene rings is 2. The molecule has 1 fully saturated rings. The summed E-state index contributed by atoms with van der Waals surface area (Å²) >= 11 is 0. The second kappa shape index (κ2) is 7.78. The lowest BCUT2D eigenvalue weighted by Gasteiger charge is -2.22. The highest BCUT2D eigenvalue weighted by molar-refractivity contribution is 6.00. The number of nitrogens with zero attached hydrogens (tertiary/aromatic N) is 3. The summed E-state index contributed by atoms with van der Waals surface area (Å²) < 4.78 is 14.0. The van der Waals surface area contributed by atoms with E-state index in [1.165, 1.54) is 11.0 Å². The Morgan fingerprint density at radius 3 is 2.41 bits per heavy atom. The van der Waals surface area contributed by atoms with Crippen LogP contribution in [0.25, 0.3) is 0 Å². The zero-order chi connectivity index (χ0) is 19.6. The average Bonchev–Trinajstić information content (AvgIpc) is 3.03. The van der Waals surface area contributed by atoms with Crippen LogP contribution in [0.1, 0.15) is 12.0 Å². The van der Waals surface area contributed by atoms with E-state index in [2.05, 4.69) is 0 Å². The van der Waals surface area contributed by atoms with E-state index in [0.29, 0.717) is 6.54 Å². The third-order valence-corrected chi connectivity index (χ3v) is 4.87. The van der Waals surface area contributed by atoms with Crippen molar-refractivity contribution in [3.63, 3.8) is 0 Å². The standard InChI is InChI=1S/C21H24FN3O2/c1-23(2)17-10-8-15(9-11-17)13-24(3)21(27)16-12-20(26)25(14-16)19-7-5-4-6-18(19)22/h4-11,16H,12-14H2,1-3H3. The van der Waals surface area contributed by atoms with Gasteiger partial charge in [-0.2, -0.15) is 0 Å². The van der Waals surface area contributed by atoms with E-state index >= 15 is 0 Å². The minimum Gasteiger partial charge on any atom is -0.378 e. The van der Waals surface area contributed by atoms with Crippen LogP contribution in [0.3, 0.4) is 0 Å². The van der Waals surface area contributed by atoms with Crippen molar-refractivity contribution in [2.45, 2.75) is 13.0 Å². The number of carbonyl (C=O) groups excluding carboxylic acids is 2. The van der Waals surface area contributed by atoms with Gasteiger partial charge in [-0.1, -0.05) is 24.3 Å². The fraction of sp³-hybridized carbons (Fsp3) is 0.333. The normalized spacial score (nSPS) is 16.5. The molecule has 0 bridgehead atoms. The zero-order valence-corrected chi connectivity index (χ0v) is 15.9. The van der Waals surface area contributed by atoms with Gasteiger partial charge in [0.25, 0.3) is 0 Å². The highest BCUT2D eigenvalue weighted by Crippen LogP contribution is 2.28. The van der Waals surface area contributed by atoms with E-state index in [9.17, 15) is 14.0 Å². The Labute approximate surface area is 159 Å². The van der Waals surface area contributed by atoms with Crippen molar-refractivity contribution in [1.82, 2.24) is 4.90 Å². The van der Waals surface area contributed by atoms with Crippen LogP contribution in [0.2, 0.25) is 0 Å². The molecule has 3 rings (SSSR count). The molecule has 1 heterocycles. The van der Waals surface area contributed by atoms with Crippen LogP contribution in [0.5, 0.6) is 0 Å². The van der Waals surface area contributed by atoms with Crippen LogP contribution in [-0.2, 0) is 16.1 Å². The van der Waals surface area contributed by atoms with Crippen LogP contribution in [-0.4, -0.2) is 44.4 Å². The predicted octanol–water partition coefficient (Wildman–Crippen LogP) is 2.90. The van der Waals surface area contributed by atoms with Crippen molar-refractivity contribution in [2.75, 3.05) is 37.5 Å². The number of carbonyl (C=O) groups is 2. The van der Waals surface area contributed by atoms with Crippen LogP contribution >= 0.6 is 0 Å². The number of hydrogen-bond acceptors (Lipinski definition) is 3. The molecule has 2 aromatic rings. The molecule has 27 heavy (non-hydrogen) atoms. The van der Waals surface area contributed by atoms with Crippen molar-refractivity contribution in [3.05, 3.63) is 59.9 Å². The molecular weight excluding hydrogens is 345 g/mol. The lowest BCUT2D eigenvalue weighted by atomic mass is 10.1. The molecule has 6 heteroatoms. The number of halogens is 1. The maximum Gasteiger partial charge on any atom is 0.228 e. The Balaban J connectivity index is 1.65. The summed E-state index contributed by atoms with van der Waals surface area (Å²) in [5.41, 5.74) is 2.35. The molecule has 1 atom stereocenters. The Bertz CT molecular complexity index is 836. The van der Waals surface area contributed by atoms with E-state index in [1.54, 1.807) is 30.1 Å². The highest BCUT2D eigenvalue weighted by Gasteiger charge is 2.37. The van der Waals surface area contributed by atoms with Gasteiger partial charge in [-0.25, -0.2) is 4.39 Å². The Morgan fingerprint density at radius 1 is 1.11 bits per heavy atom. The number of amides is 2. The van der Waals surface area contributed by atoms with Crippen molar-refractivity contribution in [1.29, 1.82) is 0 Å². The molecule has 1 aliphatic rings. The highest BCUT2D eigenvalue weighted by atomic mass is 19.1. The largest absolute Gasteiger partial charge is 0.378 e. The molecular formula is C21H24FN3O2. The van der Waals surface area contributed by atoms with Crippen molar-refractivity contribution in [3.8, 4) is 0 Å². The van der Waals surface area contributed by atoms with Crippen LogP contribution in [0.4, 0.5) is 15.8 Å². The molecule has 0 aromatic heterocycles. The van der Waals surface area contributed by atoms with Gasteiger partial charge < -0.3 is 14.7 Å². The van der Waals surface area contributed by atoms with Crippen LogP contribution in [0.15, 0.2) is 48.5 Å². The van der Waals surface area contributed by atoms with Gasteiger partial charge in [0.1, 0.15) is 5.82 Å². The molecule has 1 saturated heterocycles.